The zero-order valence-electron chi connectivity index (χ0n) is 25.0. The molecule has 0 unspecified atom stereocenters. The summed E-state index contributed by atoms with van der Waals surface area (Å²) in [5.41, 5.74) is -1.38. The number of rotatable bonds is 1. The number of ketones is 2. The predicted octanol–water partition coefficient (Wildman–Crippen LogP) is 5.24. The molecule has 8 nitrogen and oxygen atoms in total. The number of aliphatic hydroxyl groups is 1. The number of anilines is 1. The zero-order chi connectivity index (χ0) is 29.7. The van der Waals surface area contributed by atoms with Gasteiger partial charge >= 0.3 is 6.09 Å². The number of Topliss-reactive ketones (excluding diaryl/α,β-unsaturated/α-hetero) is 2. The Bertz CT molecular complexity index is 1390. The predicted molar refractivity (Wildman–Crippen MR) is 152 cm³/mol. The van der Waals surface area contributed by atoms with Gasteiger partial charge in [-0.15, -0.1) is 0 Å². The number of fused-ring (bicyclic) bond motifs is 4. The van der Waals surface area contributed by atoms with Crippen molar-refractivity contribution in [2.24, 2.45) is 28.6 Å². The fourth-order valence-corrected chi connectivity index (χ4v) is 8.13. The molecular formula is C33H41NO7. The van der Waals surface area contributed by atoms with Crippen LogP contribution in [0, 0.1) is 28.6 Å². The van der Waals surface area contributed by atoms with Crippen molar-refractivity contribution in [2.45, 2.75) is 84.9 Å². The summed E-state index contributed by atoms with van der Waals surface area (Å²) in [4.78, 5) is 42.8. The average molecular weight is 564 g/mol. The molecule has 2 bridgehead atoms. The molecular weight excluding hydrogens is 522 g/mol. The largest absolute Gasteiger partial charge is 0.438 e. The highest BCUT2D eigenvalue weighted by molar-refractivity contribution is 6.07. The van der Waals surface area contributed by atoms with Crippen LogP contribution in [0.5, 0.6) is 0 Å². The van der Waals surface area contributed by atoms with Gasteiger partial charge in [0.15, 0.2) is 29.1 Å². The molecule has 2 fully saturated rings. The molecule has 1 amide bonds. The molecule has 6 rings (SSSR count). The maximum atomic E-state index is 14.9. The maximum Gasteiger partial charge on any atom is 0.415 e. The number of ether oxygens (including phenoxy) is 3. The molecule has 1 saturated heterocycles. The van der Waals surface area contributed by atoms with Gasteiger partial charge in [0.25, 0.3) is 0 Å². The summed E-state index contributed by atoms with van der Waals surface area (Å²) in [6.45, 7) is 14.2. The van der Waals surface area contributed by atoms with E-state index in [2.05, 4.69) is 20.8 Å². The Labute approximate surface area is 241 Å². The van der Waals surface area contributed by atoms with Crippen LogP contribution in [0.4, 0.5) is 10.5 Å². The van der Waals surface area contributed by atoms with Gasteiger partial charge in [-0.1, -0.05) is 52.0 Å². The van der Waals surface area contributed by atoms with Crippen LogP contribution in [-0.2, 0) is 19.0 Å². The van der Waals surface area contributed by atoms with Crippen LogP contribution in [0.2, 0.25) is 0 Å². The SMILES string of the molecule is CC1=C[C@]23C(=O)[C@@H](C=C4COC(C)(C)O[C@H]4[C@]2(O)[C@H]1OC(=O)N1CCC(=O)c2ccccc21)C(C)(C)[C@@H](C)C[C@H]3C. The molecule has 1 N–H and O–H groups in total. The van der Waals surface area contributed by atoms with Crippen LogP contribution < -0.4 is 4.90 Å². The topological polar surface area (TPSA) is 102 Å². The van der Waals surface area contributed by atoms with E-state index in [4.69, 9.17) is 14.2 Å². The Kier molecular flexibility index (Phi) is 6.28. The Morgan fingerprint density at radius 1 is 1.10 bits per heavy atom. The molecule has 0 aromatic heterocycles. The van der Waals surface area contributed by atoms with Crippen LogP contribution in [-0.4, -0.2) is 59.5 Å². The van der Waals surface area contributed by atoms with E-state index in [9.17, 15) is 19.5 Å². The second-order valence-corrected chi connectivity index (χ2v) is 13.8. The fraction of sp³-hybridized carbons (Fsp3) is 0.606. The lowest BCUT2D eigenvalue weighted by Crippen LogP contribution is -2.68. The minimum atomic E-state index is -1.91. The summed E-state index contributed by atoms with van der Waals surface area (Å²) in [5, 5.41) is 13.2. The smallest absolute Gasteiger partial charge is 0.415 e. The number of hydrogen-bond acceptors (Lipinski definition) is 7. The van der Waals surface area contributed by atoms with Crippen LogP contribution >= 0.6 is 0 Å². The first kappa shape index (κ1) is 28.3. The number of amides is 1. The first-order valence-corrected chi connectivity index (χ1v) is 14.7. The monoisotopic (exact) mass is 563 g/mol. The molecule has 7 atom stereocenters. The van der Waals surface area contributed by atoms with Crippen molar-refractivity contribution in [1.82, 2.24) is 0 Å². The summed E-state index contributed by atoms with van der Waals surface area (Å²) >= 11 is 0. The molecule has 2 heterocycles. The van der Waals surface area contributed by atoms with E-state index in [1.807, 2.05) is 26.0 Å². The van der Waals surface area contributed by atoms with Crippen LogP contribution in [0.15, 0.2) is 47.6 Å². The number of carbonyl (C=O) groups excluding carboxylic acids is 3. The Morgan fingerprint density at radius 3 is 2.54 bits per heavy atom. The molecule has 2 aliphatic heterocycles. The van der Waals surface area contributed by atoms with Crippen molar-refractivity contribution in [3.05, 3.63) is 53.1 Å². The van der Waals surface area contributed by atoms with Crippen molar-refractivity contribution < 1.29 is 33.7 Å². The van der Waals surface area contributed by atoms with Crippen molar-refractivity contribution in [3.63, 3.8) is 0 Å². The van der Waals surface area contributed by atoms with Crippen molar-refractivity contribution in [1.29, 1.82) is 0 Å². The molecule has 1 saturated carbocycles. The van der Waals surface area contributed by atoms with Gasteiger partial charge in [0, 0.05) is 24.4 Å². The molecule has 1 aromatic carbocycles. The van der Waals surface area contributed by atoms with E-state index in [1.54, 1.807) is 38.1 Å². The highest BCUT2D eigenvalue weighted by Crippen LogP contribution is 2.64. The number of benzene rings is 1. The Balaban J connectivity index is 1.49. The molecule has 3 aliphatic carbocycles. The Morgan fingerprint density at radius 2 is 1.80 bits per heavy atom. The fourth-order valence-electron chi connectivity index (χ4n) is 8.13. The third-order valence-electron chi connectivity index (χ3n) is 10.8. The van der Waals surface area contributed by atoms with E-state index in [0.29, 0.717) is 28.8 Å². The number of allylic oxidation sites excluding steroid dienone is 1. The zero-order valence-corrected chi connectivity index (χ0v) is 25.0. The molecule has 220 valence electrons. The summed E-state index contributed by atoms with van der Waals surface area (Å²) in [6, 6.07) is 6.97. The van der Waals surface area contributed by atoms with E-state index in [1.165, 1.54) is 4.90 Å². The third-order valence-corrected chi connectivity index (χ3v) is 10.8. The van der Waals surface area contributed by atoms with Gasteiger partial charge < -0.3 is 19.3 Å². The number of carbonyl (C=O) groups is 3. The second-order valence-electron chi connectivity index (χ2n) is 13.8. The van der Waals surface area contributed by atoms with Crippen molar-refractivity contribution in [3.8, 4) is 0 Å². The lowest BCUT2D eigenvalue weighted by molar-refractivity contribution is -0.302. The van der Waals surface area contributed by atoms with E-state index >= 15 is 0 Å². The van der Waals surface area contributed by atoms with Gasteiger partial charge in [-0.2, -0.15) is 0 Å². The first-order valence-electron chi connectivity index (χ1n) is 14.7. The van der Waals surface area contributed by atoms with Gasteiger partial charge in [0.2, 0.25) is 0 Å². The number of para-hydroxylation sites is 1. The van der Waals surface area contributed by atoms with E-state index in [-0.39, 0.29) is 48.4 Å². The minimum Gasteiger partial charge on any atom is -0.438 e. The van der Waals surface area contributed by atoms with Crippen molar-refractivity contribution in [2.75, 3.05) is 18.1 Å². The van der Waals surface area contributed by atoms with Crippen LogP contribution in [0.25, 0.3) is 0 Å². The number of nitrogens with zero attached hydrogens (tertiary/aromatic N) is 1. The van der Waals surface area contributed by atoms with Crippen LogP contribution in [0.3, 0.4) is 0 Å². The van der Waals surface area contributed by atoms with Gasteiger partial charge in [-0.3, -0.25) is 14.5 Å². The highest BCUT2D eigenvalue weighted by atomic mass is 16.7. The molecule has 1 aromatic rings. The second kappa shape index (κ2) is 9.09. The molecule has 1 spiro atoms. The lowest BCUT2D eigenvalue weighted by atomic mass is 9.59. The number of hydrogen-bond donors (Lipinski definition) is 1. The molecule has 8 heteroatoms. The molecule has 41 heavy (non-hydrogen) atoms. The highest BCUT2D eigenvalue weighted by Gasteiger charge is 2.74. The van der Waals surface area contributed by atoms with Gasteiger partial charge in [0.05, 0.1) is 17.7 Å². The normalized spacial score (nSPS) is 38.9. The quantitative estimate of drug-likeness (QED) is 0.466. The van der Waals surface area contributed by atoms with Gasteiger partial charge in [-0.25, -0.2) is 4.79 Å². The standard InChI is InChI=1S/C33H41NO7/c1-18-16-32-20(3)14-19(2)30(4,5)23(26(32)36)15-21-17-39-31(6,7)41-28(21)33(32,38)27(18)40-29(37)34-13-12-25(35)22-10-8-9-11-24(22)34/h8-11,15-16,19-20,23,27-28,38H,12-14,17H2,1-7H3/t19-,20+,23+,27-,28+,32-,33+/m0/s1. The summed E-state index contributed by atoms with van der Waals surface area (Å²) in [6.07, 6.45) is 1.96. The molecule has 0 radical (unpaired) electrons. The van der Waals surface area contributed by atoms with E-state index in [0.717, 1.165) is 0 Å². The lowest BCUT2D eigenvalue weighted by Gasteiger charge is -2.52. The van der Waals surface area contributed by atoms with Crippen LogP contribution in [0.1, 0.15) is 71.7 Å². The first-order chi connectivity index (χ1) is 19.1. The van der Waals surface area contributed by atoms with Crippen molar-refractivity contribution >= 4 is 23.3 Å². The summed E-state index contributed by atoms with van der Waals surface area (Å²) in [7, 11) is 0. The Hall–Kier alpha value is -2.81. The summed E-state index contributed by atoms with van der Waals surface area (Å²) < 4.78 is 18.8. The van der Waals surface area contributed by atoms with E-state index < -0.39 is 41.0 Å². The third kappa shape index (κ3) is 3.79. The molecule has 5 aliphatic rings. The minimum absolute atomic E-state index is 0.0313. The van der Waals surface area contributed by atoms with Gasteiger partial charge in [0.1, 0.15) is 6.10 Å². The summed E-state index contributed by atoms with van der Waals surface area (Å²) in [5.74, 6) is -1.69. The maximum absolute atomic E-state index is 14.9. The van der Waals surface area contributed by atoms with Gasteiger partial charge in [-0.05, 0) is 67.7 Å². The average Bonchev–Trinajstić information content (AvgIpc) is 3.07.